The third kappa shape index (κ3) is 5.73. The molecule has 0 saturated carbocycles. The molecule has 8 heteroatoms. The molecule has 2 aromatic rings. The first-order valence-electron chi connectivity index (χ1n) is 9.43. The number of carbonyl (C=O) groups is 2. The van der Waals surface area contributed by atoms with Gasteiger partial charge in [0.05, 0.1) is 11.1 Å². The van der Waals surface area contributed by atoms with Gasteiger partial charge in [-0.1, -0.05) is 26.2 Å². The minimum absolute atomic E-state index is 0.159. The molecule has 0 aliphatic carbocycles. The Hall–Kier alpha value is -3.03. The number of rotatable bonds is 7. The summed E-state index contributed by atoms with van der Waals surface area (Å²) in [4.78, 5) is 27.3. The number of hydrogen-bond acceptors (Lipinski definition) is 5. The van der Waals surface area contributed by atoms with Gasteiger partial charge in [-0.3, -0.25) is 4.98 Å². The Morgan fingerprint density at radius 1 is 1.14 bits per heavy atom. The lowest BCUT2D eigenvalue weighted by molar-refractivity contribution is 0.0696. The Balaban J connectivity index is 0.000000211. The molecule has 0 fully saturated rings. The molecule has 1 aliphatic heterocycles. The molecule has 0 atom stereocenters. The smallest absolute Gasteiger partial charge is 0.337 e. The van der Waals surface area contributed by atoms with Crippen LogP contribution in [0.4, 0.5) is 4.79 Å². The van der Waals surface area contributed by atoms with Crippen molar-refractivity contribution >= 4 is 22.9 Å². The van der Waals surface area contributed by atoms with Crippen LogP contribution in [0.3, 0.4) is 0 Å². The van der Waals surface area contributed by atoms with E-state index in [1.165, 1.54) is 25.5 Å². The molecule has 1 aliphatic rings. The summed E-state index contributed by atoms with van der Waals surface area (Å²) in [6.07, 6.45) is 6.07. The maximum Gasteiger partial charge on any atom is 0.337 e. The fourth-order valence-electron chi connectivity index (χ4n) is 2.79. The van der Waals surface area contributed by atoms with Gasteiger partial charge in [0.15, 0.2) is 11.5 Å². The molecule has 1 aromatic carbocycles. The predicted molar refractivity (Wildman–Crippen MR) is 106 cm³/mol. The number of pyridine rings is 1. The highest BCUT2D eigenvalue weighted by molar-refractivity contribution is 5.93. The summed E-state index contributed by atoms with van der Waals surface area (Å²) in [5, 5.41) is 9.57. The van der Waals surface area contributed by atoms with E-state index in [2.05, 4.69) is 11.9 Å². The lowest BCUT2D eigenvalue weighted by atomic mass is 10.1. The first-order valence-corrected chi connectivity index (χ1v) is 9.43. The Labute approximate surface area is 164 Å². The van der Waals surface area contributed by atoms with E-state index in [0.29, 0.717) is 17.0 Å². The second-order valence-electron chi connectivity index (χ2n) is 6.41. The monoisotopic (exact) mass is 389 g/mol. The van der Waals surface area contributed by atoms with Crippen LogP contribution in [-0.4, -0.2) is 46.9 Å². The summed E-state index contributed by atoms with van der Waals surface area (Å²) in [6, 6.07) is 4.74. The van der Waals surface area contributed by atoms with Crippen molar-refractivity contribution in [3.63, 3.8) is 0 Å². The van der Waals surface area contributed by atoms with Gasteiger partial charge in [0.1, 0.15) is 0 Å². The van der Waals surface area contributed by atoms with Gasteiger partial charge in [0.25, 0.3) is 0 Å². The van der Waals surface area contributed by atoms with E-state index in [9.17, 15) is 9.59 Å². The van der Waals surface area contributed by atoms with E-state index in [1.807, 2.05) is 6.92 Å². The van der Waals surface area contributed by atoms with Crippen molar-refractivity contribution < 1.29 is 24.2 Å². The second kappa shape index (κ2) is 10.3. The molecule has 152 valence electrons. The van der Waals surface area contributed by atoms with Crippen molar-refractivity contribution in [1.29, 1.82) is 0 Å². The summed E-state index contributed by atoms with van der Waals surface area (Å²) in [7, 11) is 0. The molecule has 3 N–H and O–H groups in total. The lowest BCUT2D eigenvalue weighted by Crippen LogP contribution is -2.36. The number of carbonyl (C=O) groups excluding carboxylic acids is 1. The largest absolute Gasteiger partial charge is 0.478 e. The number of primary amides is 1. The van der Waals surface area contributed by atoms with Crippen molar-refractivity contribution in [2.24, 2.45) is 5.73 Å². The SMILES string of the molecule is CCCCCCN(CC)C(N)=O.O=C(O)c1cnc2cc3c(cc2c1)OCO3. The van der Waals surface area contributed by atoms with Crippen LogP contribution in [0.25, 0.3) is 10.9 Å². The maximum atomic E-state index is 10.8. The van der Waals surface area contributed by atoms with Gasteiger partial charge in [-0.25, -0.2) is 9.59 Å². The Morgan fingerprint density at radius 2 is 1.86 bits per heavy atom. The Bertz CT molecular complexity index is 825. The normalized spacial score (nSPS) is 11.6. The second-order valence-corrected chi connectivity index (χ2v) is 6.41. The van der Waals surface area contributed by atoms with E-state index in [0.717, 1.165) is 24.9 Å². The summed E-state index contributed by atoms with van der Waals surface area (Å²) < 4.78 is 10.4. The van der Waals surface area contributed by atoms with Crippen molar-refractivity contribution in [3.05, 3.63) is 30.0 Å². The molecule has 3 rings (SSSR count). The van der Waals surface area contributed by atoms with Gasteiger partial charge in [0.2, 0.25) is 6.79 Å². The maximum absolute atomic E-state index is 10.8. The van der Waals surface area contributed by atoms with Crippen LogP contribution >= 0.6 is 0 Å². The van der Waals surface area contributed by atoms with Gasteiger partial charge in [-0.2, -0.15) is 0 Å². The fourth-order valence-corrected chi connectivity index (χ4v) is 2.79. The molecule has 0 bridgehead atoms. The van der Waals surface area contributed by atoms with Crippen LogP contribution in [0.15, 0.2) is 24.4 Å². The number of fused-ring (bicyclic) bond motifs is 2. The third-order valence-corrected chi connectivity index (χ3v) is 4.40. The van der Waals surface area contributed by atoms with Crippen molar-refractivity contribution in [3.8, 4) is 11.5 Å². The molecule has 28 heavy (non-hydrogen) atoms. The number of urea groups is 1. The molecule has 0 radical (unpaired) electrons. The summed E-state index contributed by atoms with van der Waals surface area (Å²) >= 11 is 0. The van der Waals surface area contributed by atoms with Gasteiger partial charge >= 0.3 is 12.0 Å². The van der Waals surface area contributed by atoms with Crippen LogP contribution in [0, 0.1) is 0 Å². The first-order chi connectivity index (χ1) is 13.5. The molecule has 2 heterocycles. The summed E-state index contributed by atoms with van der Waals surface area (Å²) in [5.41, 5.74) is 6.00. The van der Waals surface area contributed by atoms with Crippen LogP contribution < -0.4 is 15.2 Å². The molecular formula is C20H27N3O5. The van der Waals surface area contributed by atoms with Crippen molar-refractivity contribution in [2.75, 3.05) is 19.9 Å². The molecule has 2 amide bonds. The summed E-state index contributed by atoms with van der Waals surface area (Å²) in [5.74, 6) is 0.270. The zero-order valence-electron chi connectivity index (χ0n) is 16.3. The number of amides is 2. The molecular weight excluding hydrogens is 362 g/mol. The number of nitrogens with zero attached hydrogens (tertiary/aromatic N) is 2. The number of carboxylic acid groups (broad SMARTS) is 1. The van der Waals surface area contributed by atoms with E-state index >= 15 is 0 Å². The van der Waals surface area contributed by atoms with Crippen LogP contribution in [0.5, 0.6) is 11.5 Å². The standard InChI is InChI=1S/C11H7NO4.C9H20N2O/c13-11(14)7-1-6-2-9-10(16-5-15-9)3-8(6)12-4-7;1-3-5-6-7-8-11(4-2)9(10)12/h1-4H,5H2,(H,13,14);3-8H2,1-2H3,(H2,10,12). The number of carboxylic acids is 1. The minimum Gasteiger partial charge on any atom is -0.478 e. The lowest BCUT2D eigenvalue weighted by Gasteiger charge is -2.17. The minimum atomic E-state index is -0.993. The van der Waals surface area contributed by atoms with E-state index in [-0.39, 0.29) is 18.4 Å². The fraction of sp³-hybridized carbons (Fsp3) is 0.450. The zero-order chi connectivity index (χ0) is 20.5. The number of ether oxygens (including phenoxy) is 2. The number of nitrogens with two attached hydrogens (primary N) is 1. The van der Waals surface area contributed by atoms with Crippen molar-refractivity contribution in [2.45, 2.75) is 39.5 Å². The van der Waals surface area contributed by atoms with Gasteiger partial charge in [0, 0.05) is 30.7 Å². The van der Waals surface area contributed by atoms with E-state index in [4.69, 9.17) is 20.3 Å². The molecule has 0 saturated heterocycles. The number of aromatic carboxylic acids is 1. The highest BCUT2D eigenvalue weighted by Crippen LogP contribution is 2.35. The average molecular weight is 389 g/mol. The predicted octanol–water partition coefficient (Wildman–Crippen LogP) is 3.63. The quantitative estimate of drug-likeness (QED) is 0.699. The third-order valence-electron chi connectivity index (χ3n) is 4.40. The summed E-state index contributed by atoms with van der Waals surface area (Å²) in [6.45, 7) is 5.85. The number of unbranched alkanes of at least 4 members (excludes halogenated alkanes) is 3. The average Bonchev–Trinajstić information content (AvgIpc) is 3.13. The number of aromatic nitrogens is 1. The highest BCUT2D eigenvalue weighted by Gasteiger charge is 2.15. The Morgan fingerprint density at radius 3 is 2.46 bits per heavy atom. The number of benzene rings is 1. The zero-order valence-corrected chi connectivity index (χ0v) is 16.3. The van der Waals surface area contributed by atoms with Gasteiger partial charge in [-0.15, -0.1) is 0 Å². The Kier molecular flexibility index (Phi) is 7.86. The van der Waals surface area contributed by atoms with Gasteiger partial charge < -0.3 is 25.2 Å². The topological polar surface area (TPSA) is 115 Å². The molecule has 1 aromatic heterocycles. The van der Waals surface area contributed by atoms with Crippen molar-refractivity contribution in [1.82, 2.24) is 9.88 Å². The van der Waals surface area contributed by atoms with E-state index in [1.54, 1.807) is 23.1 Å². The molecule has 0 spiro atoms. The van der Waals surface area contributed by atoms with Crippen LogP contribution in [0.1, 0.15) is 49.9 Å². The molecule has 0 unspecified atom stereocenters. The first kappa shape index (κ1) is 21.3. The van der Waals surface area contributed by atoms with Crippen LogP contribution in [0.2, 0.25) is 0 Å². The van der Waals surface area contributed by atoms with E-state index < -0.39 is 5.97 Å². The molecule has 8 nitrogen and oxygen atoms in total. The van der Waals surface area contributed by atoms with Gasteiger partial charge in [-0.05, 0) is 25.5 Å². The number of hydrogen-bond donors (Lipinski definition) is 2. The highest BCUT2D eigenvalue weighted by atomic mass is 16.7. The van der Waals surface area contributed by atoms with Crippen LogP contribution in [-0.2, 0) is 0 Å².